The third-order valence-corrected chi connectivity index (χ3v) is 6.78. The molecule has 3 heterocycles. The van der Waals surface area contributed by atoms with Crippen LogP contribution in [0.5, 0.6) is 5.75 Å². The number of piperazine rings is 1. The van der Waals surface area contributed by atoms with Crippen molar-refractivity contribution in [3.63, 3.8) is 0 Å². The predicted octanol–water partition coefficient (Wildman–Crippen LogP) is -0.161. The number of nitrogens with one attached hydrogen (secondary N) is 2. The Balaban J connectivity index is 1.60. The van der Waals surface area contributed by atoms with Crippen molar-refractivity contribution < 1.29 is 23.9 Å². The van der Waals surface area contributed by atoms with Gasteiger partial charge in [0.25, 0.3) is 5.91 Å². The summed E-state index contributed by atoms with van der Waals surface area (Å²) in [5.41, 5.74) is 0.283. The zero-order chi connectivity index (χ0) is 24.1. The summed E-state index contributed by atoms with van der Waals surface area (Å²) in [5.74, 6) is -0.897. The second kappa shape index (κ2) is 10.9. The number of ether oxygens (including phenoxy) is 1. The van der Waals surface area contributed by atoms with Crippen molar-refractivity contribution in [3.05, 3.63) is 29.8 Å². The Bertz CT molecular complexity index is 930. The van der Waals surface area contributed by atoms with E-state index in [0.717, 1.165) is 26.1 Å². The van der Waals surface area contributed by atoms with Crippen LogP contribution in [-0.2, 0) is 14.4 Å². The SMILES string of the molecule is CCN1CCN(C(=O)[C@@H]2CC(=O)N3CCC[C@H]3C(=O)NCCOc3ccccc3C(=O)N2)CC1. The van der Waals surface area contributed by atoms with Crippen molar-refractivity contribution in [1.29, 1.82) is 0 Å². The molecule has 3 aliphatic rings. The Morgan fingerprint density at radius 2 is 1.85 bits per heavy atom. The van der Waals surface area contributed by atoms with Gasteiger partial charge in [0.15, 0.2) is 0 Å². The number of fused-ring (bicyclic) bond motifs is 2. The molecular weight excluding hydrogens is 438 g/mol. The molecule has 2 N–H and O–H groups in total. The average Bonchev–Trinajstić information content (AvgIpc) is 3.36. The number of rotatable bonds is 2. The van der Waals surface area contributed by atoms with E-state index in [9.17, 15) is 19.2 Å². The Kier molecular flexibility index (Phi) is 7.66. The molecule has 2 fully saturated rings. The summed E-state index contributed by atoms with van der Waals surface area (Å²) in [5, 5.41) is 5.63. The maximum absolute atomic E-state index is 13.5. The van der Waals surface area contributed by atoms with E-state index in [1.54, 1.807) is 29.2 Å². The standard InChI is InChI=1S/C24H33N5O5/c1-2-27-11-13-28(14-12-27)24(33)18-16-21(30)29-10-5-7-19(29)23(32)25-9-15-34-20-8-4-3-6-17(20)22(31)26-18/h3-4,6,8,18-19H,2,5,7,9-16H2,1H3,(H,25,32)(H,26,31)/t18-,19-/m0/s1. The number of nitrogens with zero attached hydrogens (tertiary/aromatic N) is 3. The predicted molar refractivity (Wildman–Crippen MR) is 124 cm³/mol. The van der Waals surface area contributed by atoms with Gasteiger partial charge in [-0.3, -0.25) is 19.2 Å². The van der Waals surface area contributed by atoms with E-state index in [-0.39, 0.29) is 42.9 Å². The molecule has 10 nitrogen and oxygen atoms in total. The van der Waals surface area contributed by atoms with Gasteiger partial charge in [0, 0.05) is 32.7 Å². The Morgan fingerprint density at radius 3 is 2.62 bits per heavy atom. The zero-order valence-electron chi connectivity index (χ0n) is 19.6. The van der Waals surface area contributed by atoms with E-state index in [0.29, 0.717) is 31.8 Å². The lowest BCUT2D eigenvalue weighted by molar-refractivity contribution is -0.142. The number of likely N-dealkylation sites (N-methyl/N-ethyl adjacent to an activating group) is 1. The fourth-order valence-electron chi connectivity index (χ4n) is 4.80. The van der Waals surface area contributed by atoms with E-state index in [1.165, 1.54) is 4.90 Å². The Labute approximate surface area is 199 Å². The van der Waals surface area contributed by atoms with Crippen LogP contribution in [0.2, 0.25) is 0 Å². The molecule has 0 bridgehead atoms. The van der Waals surface area contributed by atoms with Crippen LogP contribution in [0.15, 0.2) is 24.3 Å². The van der Waals surface area contributed by atoms with Crippen molar-refractivity contribution in [1.82, 2.24) is 25.3 Å². The maximum atomic E-state index is 13.5. The zero-order valence-corrected chi connectivity index (χ0v) is 19.6. The minimum absolute atomic E-state index is 0.181. The van der Waals surface area contributed by atoms with Crippen LogP contribution in [0, 0.1) is 0 Å². The van der Waals surface area contributed by atoms with Crippen LogP contribution >= 0.6 is 0 Å². The maximum Gasteiger partial charge on any atom is 0.255 e. The summed E-state index contributed by atoms with van der Waals surface area (Å²) in [6, 6.07) is 5.18. The lowest BCUT2D eigenvalue weighted by Crippen LogP contribution is -2.56. The largest absolute Gasteiger partial charge is 0.491 e. The molecule has 2 saturated heterocycles. The summed E-state index contributed by atoms with van der Waals surface area (Å²) in [7, 11) is 0. The Hall–Kier alpha value is -3.14. The van der Waals surface area contributed by atoms with Crippen molar-refractivity contribution in [2.24, 2.45) is 0 Å². The van der Waals surface area contributed by atoms with Crippen LogP contribution in [0.4, 0.5) is 0 Å². The van der Waals surface area contributed by atoms with Crippen molar-refractivity contribution in [2.75, 3.05) is 52.4 Å². The third-order valence-electron chi connectivity index (χ3n) is 6.78. The molecule has 2 atom stereocenters. The lowest BCUT2D eigenvalue weighted by atomic mass is 10.1. The van der Waals surface area contributed by atoms with E-state index in [2.05, 4.69) is 22.5 Å². The molecule has 34 heavy (non-hydrogen) atoms. The van der Waals surface area contributed by atoms with Gasteiger partial charge in [0.1, 0.15) is 24.4 Å². The van der Waals surface area contributed by atoms with Crippen molar-refractivity contribution >= 4 is 23.6 Å². The fourth-order valence-corrected chi connectivity index (χ4v) is 4.80. The first kappa shape index (κ1) is 24.0. The highest BCUT2D eigenvalue weighted by Crippen LogP contribution is 2.22. The fraction of sp³-hybridized carbons (Fsp3) is 0.583. The highest BCUT2D eigenvalue weighted by atomic mass is 16.5. The smallest absolute Gasteiger partial charge is 0.255 e. The summed E-state index contributed by atoms with van der Waals surface area (Å²) >= 11 is 0. The lowest BCUT2D eigenvalue weighted by Gasteiger charge is -2.36. The number of amides is 4. The molecule has 0 saturated carbocycles. The molecule has 1 aromatic rings. The first-order valence-corrected chi connectivity index (χ1v) is 12.1. The van der Waals surface area contributed by atoms with E-state index >= 15 is 0 Å². The highest BCUT2D eigenvalue weighted by Gasteiger charge is 2.37. The number of hydrogen-bond acceptors (Lipinski definition) is 6. The first-order chi connectivity index (χ1) is 16.5. The third kappa shape index (κ3) is 5.32. The average molecular weight is 472 g/mol. The topological polar surface area (TPSA) is 111 Å². The van der Waals surface area contributed by atoms with Gasteiger partial charge in [-0.1, -0.05) is 19.1 Å². The Morgan fingerprint density at radius 1 is 1.09 bits per heavy atom. The number of carbonyl (C=O) groups is 4. The molecule has 10 heteroatoms. The van der Waals surface area contributed by atoms with Gasteiger partial charge in [-0.25, -0.2) is 0 Å². The molecule has 0 radical (unpaired) electrons. The number of benzene rings is 1. The van der Waals surface area contributed by atoms with Gasteiger partial charge >= 0.3 is 0 Å². The van der Waals surface area contributed by atoms with Gasteiger partial charge in [-0.15, -0.1) is 0 Å². The van der Waals surface area contributed by atoms with Gasteiger partial charge in [-0.05, 0) is 31.5 Å². The molecule has 1 aromatic carbocycles. The van der Waals surface area contributed by atoms with Gasteiger partial charge < -0.3 is 30.1 Å². The number of para-hydroxylation sites is 1. The summed E-state index contributed by atoms with van der Waals surface area (Å²) in [4.78, 5) is 58.1. The van der Waals surface area contributed by atoms with E-state index in [4.69, 9.17) is 4.74 Å². The highest BCUT2D eigenvalue weighted by molar-refractivity contribution is 6.01. The normalized spacial score (nSPS) is 24.9. The number of carbonyl (C=O) groups excluding carboxylic acids is 4. The van der Waals surface area contributed by atoms with Crippen LogP contribution in [0.1, 0.15) is 36.5 Å². The van der Waals surface area contributed by atoms with Crippen LogP contribution in [0.25, 0.3) is 0 Å². The van der Waals surface area contributed by atoms with Crippen LogP contribution in [0.3, 0.4) is 0 Å². The van der Waals surface area contributed by atoms with Gasteiger partial charge in [0.2, 0.25) is 17.7 Å². The quantitative estimate of drug-likeness (QED) is 0.620. The molecule has 0 aliphatic carbocycles. The second-order valence-electron chi connectivity index (χ2n) is 8.87. The number of hydrogen-bond donors (Lipinski definition) is 2. The van der Waals surface area contributed by atoms with Gasteiger partial charge in [0.05, 0.1) is 18.5 Å². The molecule has 4 rings (SSSR count). The van der Waals surface area contributed by atoms with Crippen molar-refractivity contribution in [2.45, 2.75) is 38.3 Å². The summed E-state index contributed by atoms with van der Waals surface area (Å²) < 4.78 is 5.76. The molecule has 0 spiro atoms. The van der Waals surface area contributed by atoms with E-state index < -0.39 is 18.0 Å². The van der Waals surface area contributed by atoms with Crippen LogP contribution in [-0.4, -0.2) is 103 Å². The summed E-state index contributed by atoms with van der Waals surface area (Å²) in [6.45, 7) is 6.48. The molecule has 184 valence electrons. The minimum Gasteiger partial charge on any atom is -0.491 e. The molecular formula is C24H33N5O5. The minimum atomic E-state index is -1.02. The second-order valence-corrected chi connectivity index (χ2v) is 8.87. The van der Waals surface area contributed by atoms with Crippen LogP contribution < -0.4 is 15.4 Å². The molecule has 3 aliphatic heterocycles. The molecule has 0 unspecified atom stereocenters. The van der Waals surface area contributed by atoms with Crippen molar-refractivity contribution in [3.8, 4) is 5.75 Å². The molecule has 0 aromatic heterocycles. The first-order valence-electron chi connectivity index (χ1n) is 12.1. The van der Waals surface area contributed by atoms with Gasteiger partial charge in [-0.2, -0.15) is 0 Å². The summed E-state index contributed by atoms with van der Waals surface area (Å²) in [6.07, 6.45) is 1.10. The molecule has 4 amide bonds. The van der Waals surface area contributed by atoms with E-state index in [1.807, 2.05) is 0 Å². The monoisotopic (exact) mass is 471 g/mol.